The maximum Gasteiger partial charge on any atom is 0.158 e. The maximum atomic E-state index is 6.00. The molecule has 3 rings (SSSR count). The summed E-state index contributed by atoms with van der Waals surface area (Å²) in [7, 11) is 1.61. The van der Waals surface area contributed by atoms with Gasteiger partial charge in [-0.15, -0.1) is 0 Å². The Bertz CT molecular complexity index is 591. The highest BCUT2D eigenvalue weighted by atomic mass is 35.5. The zero-order chi connectivity index (χ0) is 13.9. The van der Waals surface area contributed by atoms with Gasteiger partial charge in [0, 0.05) is 25.1 Å². The van der Waals surface area contributed by atoms with E-state index in [1.54, 1.807) is 13.2 Å². The van der Waals surface area contributed by atoms with E-state index in [1.807, 2.05) is 6.07 Å². The van der Waals surface area contributed by atoms with Gasteiger partial charge in [-0.25, -0.2) is 9.97 Å². The molecule has 1 aromatic heterocycles. The number of rotatable bonds is 5. The molecule has 0 spiro atoms. The first-order valence-corrected chi connectivity index (χ1v) is 6.98. The van der Waals surface area contributed by atoms with Gasteiger partial charge >= 0.3 is 0 Å². The first kappa shape index (κ1) is 13.3. The lowest BCUT2D eigenvalue weighted by molar-refractivity contribution is 0.178. The van der Waals surface area contributed by atoms with Gasteiger partial charge in [-0.3, -0.25) is 0 Å². The fourth-order valence-corrected chi connectivity index (χ4v) is 2.55. The fourth-order valence-electron chi connectivity index (χ4n) is 2.35. The van der Waals surface area contributed by atoms with Crippen LogP contribution >= 0.6 is 11.6 Å². The number of benzene rings is 1. The molecule has 0 aliphatic heterocycles. The molecule has 1 N–H and O–H groups in total. The number of halogens is 1. The predicted octanol–water partition coefficient (Wildman–Crippen LogP) is 3.24. The number of ether oxygens (including phenoxy) is 1. The highest BCUT2D eigenvalue weighted by molar-refractivity contribution is 6.29. The van der Waals surface area contributed by atoms with Crippen molar-refractivity contribution in [1.29, 1.82) is 0 Å². The Morgan fingerprint density at radius 3 is 2.85 bits per heavy atom. The molecule has 1 aliphatic rings. The van der Waals surface area contributed by atoms with E-state index in [0.29, 0.717) is 29.5 Å². The summed E-state index contributed by atoms with van der Waals surface area (Å²) in [5, 5.41) is 3.85. The van der Waals surface area contributed by atoms with Crippen LogP contribution in [0.25, 0.3) is 0 Å². The van der Waals surface area contributed by atoms with E-state index in [2.05, 4.69) is 39.6 Å². The summed E-state index contributed by atoms with van der Waals surface area (Å²) in [6.07, 6.45) is 1.12. The smallest absolute Gasteiger partial charge is 0.158 e. The zero-order valence-corrected chi connectivity index (χ0v) is 12.0. The van der Waals surface area contributed by atoms with Gasteiger partial charge in [0.1, 0.15) is 17.6 Å². The summed E-state index contributed by atoms with van der Waals surface area (Å²) in [6.45, 7) is 0.363. The van der Waals surface area contributed by atoms with Crippen molar-refractivity contribution >= 4 is 17.4 Å². The SMILES string of the molecule is COCc1nc(Cl)cc(NC2CC2c2ccccc2)n1. The van der Waals surface area contributed by atoms with Crippen LogP contribution in [0.3, 0.4) is 0 Å². The normalized spacial score (nSPS) is 20.7. The van der Waals surface area contributed by atoms with Crippen LogP contribution in [0.4, 0.5) is 5.82 Å². The van der Waals surface area contributed by atoms with Gasteiger partial charge in [-0.05, 0) is 12.0 Å². The molecule has 2 unspecified atom stereocenters. The van der Waals surface area contributed by atoms with Gasteiger partial charge in [-0.2, -0.15) is 0 Å². The number of hydrogen-bond donors (Lipinski definition) is 1. The molecule has 104 valence electrons. The molecule has 1 aromatic carbocycles. The summed E-state index contributed by atoms with van der Waals surface area (Å²) in [6, 6.07) is 12.7. The summed E-state index contributed by atoms with van der Waals surface area (Å²) >= 11 is 6.00. The Hall–Kier alpha value is -1.65. The lowest BCUT2D eigenvalue weighted by atomic mass is 10.1. The topological polar surface area (TPSA) is 47.0 Å². The van der Waals surface area contributed by atoms with Crippen molar-refractivity contribution in [3.63, 3.8) is 0 Å². The number of anilines is 1. The molecule has 0 saturated heterocycles. The van der Waals surface area contributed by atoms with Crippen LogP contribution in [0.5, 0.6) is 0 Å². The molecular weight excluding hydrogens is 274 g/mol. The molecule has 1 saturated carbocycles. The van der Waals surface area contributed by atoms with E-state index < -0.39 is 0 Å². The molecule has 2 atom stereocenters. The number of methoxy groups -OCH3 is 1. The van der Waals surface area contributed by atoms with Crippen LogP contribution in [-0.4, -0.2) is 23.1 Å². The molecule has 1 fully saturated rings. The zero-order valence-electron chi connectivity index (χ0n) is 11.2. The van der Waals surface area contributed by atoms with E-state index in [0.717, 1.165) is 12.2 Å². The Balaban J connectivity index is 1.68. The third-order valence-electron chi connectivity index (χ3n) is 3.37. The maximum absolute atomic E-state index is 6.00. The van der Waals surface area contributed by atoms with E-state index in [1.165, 1.54) is 5.56 Å². The monoisotopic (exact) mass is 289 g/mol. The summed E-state index contributed by atoms with van der Waals surface area (Å²) in [5.74, 6) is 1.91. The number of hydrogen-bond acceptors (Lipinski definition) is 4. The largest absolute Gasteiger partial charge is 0.377 e. The number of nitrogens with one attached hydrogen (secondary N) is 1. The van der Waals surface area contributed by atoms with E-state index in [-0.39, 0.29) is 0 Å². The van der Waals surface area contributed by atoms with Crippen LogP contribution in [0.1, 0.15) is 23.7 Å². The van der Waals surface area contributed by atoms with Crippen molar-refractivity contribution in [2.45, 2.75) is 25.0 Å². The van der Waals surface area contributed by atoms with Gasteiger partial charge in [0.2, 0.25) is 0 Å². The second kappa shape index (κ2) is 5.77. The van der Waals surface area contributed by atoms with Crippen molar-refractivity contribution < 1.29 is 4.74 Å². The highest BCUT2D eigenvalue weighted by Crippen LogP contribution is 2.42. The standard InChI is InChI=1S/C15H16ClN3O/c1-20-9-15-18-13(16)8-14(19-15)17-12-7-11(12)10-5-3-2-4-6-10/h2-6,8,11-12H,7,9H2,1H3,(H,17,18,19). The third-order valence-corrected chi connectivity index (χ3v) is 3.56. The average molecular weight is 290 g/mol. The minimum atomic E-state index is 0.363. The second-order valence-corrected chi connectivity index (χ2v) is 5.32. The Morgan fingerprint density at radius 1 is 1.30 bits per heavy atom. The highest BCUT2D eigenvalue weighted by Gasteiger charge is 2.38. The van der Waals surface area contributed by atoms with Crippen molar-refractivity contribution in [3.8, 4) is 0 Å². The van der Waals surface area contributed by atoms with Crippen molar-refractivity contribution in [2.24, 2.45) is 0 Å². The Labute approximate surface area is 123 Å². The first-order chi connectivity index (χ1) is 9.76. The van der Waals surface area contributed by atoms with Crippen LogP contribution < -0.4 is 5.32 Å². The van der Waals surface area contributed by atoms with E-state index >= 15 is 0 Å². The molecule has 0 bridgehead atoms. The first-order valence-electron chi connectivity index (χ1n) is 6.60. The quantitative estimate of drug-likeness (QED) is 0.859. The average Bonchev–Trinajstić information content (AvgIpc) is 3.19. The second-order valence-electron chi connectivity index (χ2n) is 4.93. The molecule has 0 radical (unpaired) electrons. The molecule has 5 heteroatoms. The van der Waals surface area contributed by atoms with Crippen molar-refractivity contribution in [1.82, 2.24) is 9.97 Å². The summed E-state index contributed by atoms with van der Waals surface area (Å²) in [5.41, 5.74) is 1.36. The fraction of sp³-hybridized carbons (Fsp3) is 0.333. The number of nitrogens with zero attached hydrogens (tertiary/aromatic N) is 2. The summed E-state index contributed by atoms with van der Waals surface area (Å²) < 4.78 is 5.04. The molecule has 4 nitrogen and oxygen atoms in total. The Kier molecular flexibility index (Phi) is 3.85. The minimum absolute atomic E-state index is 0.363. The van der Waals surface area contributed by atoms with Crippen LogP contribution in [0.2, 0.25) is 5.15 Å². The lowest BCUT2D eigenvalue weighted by Crippen LogP contribution is -2.08. The van der Waals surface area contributed by atoms with Crippen molar-refractivity contribution in [2.75, 3.05) is 12.4 Å². The van der Waals surface area contributed by atoms with Gasteiger partial charge < -0.3 is 10.1 Å². The molecule has 20 heavy (non-hydrogen) atoms. The number of aromatic nitrogens is 2. The minimum Gasteiger partial charge on any atom is -0.377 e. The molecule has 0 amide bonds. The van der Waals surface area contributed by atoms with Gasteiger partial charge in [0.05, 0.1) is 0 Å². The van der Waals surface area contributed by atoms with Gasteiger partial charge in [-0.1, -0.05) is 41.9 Å². The van der Waals surface area contributed by atoms with Crippen LogP contribution in [-0.2, 0) is 11.3 Å². The van der Waals surface area contributed by atoms with Crippen LogP contribution in [0, 0.1) is 0 Å². The Morgan fingerprint density at radius 2 is 2.10 bits per heavy atom. The third kappa shape index (κ3) is 3.08. The molecule has 1 heterocycles. The van der Waals surface area contributed by atoms with Crippen LogP contribution in [0.15, 0.2) is 36.4 Å². The molecule has 1 aliphatic carbocycles. The van der Waals surface area contributed by atoms with Gasteiger partial charge in [0.25, 0.3) is 0 Å². The summed E-state index contributed by atoms with van der Waals surface area (Å²) in [4.78, 5) is 8.52. The van der Waals surface area contributed by atoms with Gasteiger partial charge in [0.15, 0.2) is 5.82 Å². The predicted molar refractivity (Wildman–Crippen MR) is 79.0 cm³/mol. The molecule has 2 aromatic rings. The van der Waals surface area contributed by atoms with E-state index in [9.17, 15) is 0 Å². The van der Waals surface area contributed by atoms with E-state index in [4.69, 9.17) is 16.3 Å². The van der Waals surface area contributed by atoms with Crippen molar-refractivity contribution in [3.05, 3.63) is 52.9 Å². The lowest BCUT2D eigenvalue weighted by Gasteiger charge is -2.07. The molecular formula is C15H16ClN3O.